The van der Waals surface area contributed by atoms with Crippen molar-refractivity contribution in [3.63, 3.8) is 0 Å². The maximum atomic E-state index is 12.3. The van der Waals surface area contributed by atoms with Crippen LogP contribution >= 0.6 is 0 Å². The first kappa shape index (κ1) is 13.6. The summed E-state index contributed by atoms with van der Waals surface area (Å²) >= 11 is 0. The van der Waals surface area contributed by atoms with E-state index in [0.717, 1.165) is 12.8 Å². The monoisotopic (exact) mass is 256 g/mol. The SMILES string of the molecule is CCC(C#N)(CC)NC(=O)c1ccc2c(c1)CCC2. The average Bonchev–Trinajstić information content (AvgIpc) is 2.92. The van der Waals surface area contributed by atoms with Gasteiger partial charge in [0.05, 0.1) is 6.07 Å². The van der Waals surface area contributed by atoms with Gasteiger partial charge in [0, 0.05) is 5.56 Å². The van der Waals surface area contributed by atoms with Gasteiger partial charge in [0.15, 0.2) is 0 Å². The summed E-state index contributed by atoms with van der Waals surface area (Å²) in [5.74, 6) is -0.139. The predicted molar refractivity (Wildman–Crippen MR) is 74.9 cm³/mol. The molecule has 100 valence electrons. The minimum absolute atomic E-state index is 0.139. The van der Waals surface area contributed by atoms with Crippen LogP contribution in [0.5, 0.6) is 0 Å². The van der Waals surface area contributed by atoms with Crippen molar-refractivity contribution in [2.45, 2.75) is 51.5 Å². The van der Waals surface area contributed by atoms with Crippen LogP contribution in [-0.4, -0.2) is 11.4 Å². The lowest BCUT2D eigenvalue weighted by Crippen LogP contribution is -2.46. The Hall–Kier alpha value is -1.82. The number of hydrogen-bond acceptors (Lipinski definition) is 2. The van der Waals surface area contributed by atoms with Gasteiger partial charge < -0.3 is 5.32 Å². The number of hydrogen-bond donors (Lipinski definition) is 1. The number of nitrogens with one attached hydrogen (secondary N) is 1. The Balaban J connectivity index is 2.19. The van der Waals surface area contributed by atoms with Crippen LogP contribution in [0.25, 0.3) is 0 Å². The van der Waals surface area contributed by atoms with E-state index < -0.39 is 5.54 Å². The fraction of sp³-hybridized carbons (Fsp3) is 0.500. The number of nitriles is 1. The minimum Gasteiger partial charge on any atom is -0.334 e. The minimum atomic E-state index is -0.740. The number of aryl methyl sites for hydroxylation is 2. The van der Waals surface area contributed by atoms with Gasteiger partial charge >= 0.3 is 0 Å². The van der Waals surface area contributed by atoms with Crippen molar-refractivity contribution in [2.75, 3.05) is 0 Å². The second kappa shape index (κ2) is 5.44. The van der Waals surface area contributed by atoms with Crippen molar-refractivity contribution in [2.24, 2.45) is 0 Å². The van der Waals surface area contributed by atoms with Crippen LogP contribution < -0.4 is 5.32 Å². The second-order valence-electron chi connectivity index (χ2n) is 5.19. The number of benzene rings is 1. The van der Waals surface area contributed by atoms with E-state index in [2.05, 4.69) is 11.4 Å². The van der Waals surface area contributed by atoms with Gasteiger partial charge in [-0.25, -0.2) is 0 Å². The summed E-state index contributed by atoms with van der Waals surface area (Å²) in [5, 5.41) is 12.1. The van der Waals surface area contributed by atoms with Gasteiger partial charge in [0.25, 0.3) is 5.91 Å². The largest absolute Gasteiger partial charge is 0.334 e. The molecule has 0 aliphatic heterocycles. The van der Waals surface area contributed by atoms with Crippen molar-refractivity contribution in [1.82, 2.24) is 5.32 Å². The van der Waals surface area contributed by atoms with E-state index in [1.807, 2.05) is 32.0 Å². The van der Waals surface area contributed by atoms with Gasteiger partial charge in [-0.15, -0.1) is 0 Å². The molecule has 19 heavy (non-hydrogen) atoms. The molecular weight excluding hydrogens is 236 g/mol. The standard InChI is InChI=1S/C16H20N2O/c1-3-16(4-2,11-17)18-15(19)14-9-8-12-6-5-7-13(12)10-14/h8-10H,3-7H2,1-2H3,(H,18,19). The van der Waals surface area contributed by atoms with Gasteiger partial charge in [-0.3, -0.25) is 4.79 Å². The number of fused-ring (bicyclic) bond motifs is 1. The van der Waals surface area contributed by atoms with Crippen LogP contribution in [0.4, 0.5) is 0 Å². The van der Waals surface area contributed by atoms with Crippen molar-refractivity contribution >= 4 is 5.91 Å². The van der Waals surface area contributed by atoms with Gasteiger partial charge in [-0.05, 0) is 55.4 Å². The van der Waals surface area contributed by atoms with Gasteiger partial charge in [0.1, 0.15) is 5.54 Å². The molecule has 0 atom stereocenters. The smallest absolute Gasteiger partial charge is 0.252 e. The zero-order chi connectivity index (χ0) is 13.9. The molecular formula is C16H20N2O. The van der Waals surface area contributed by atoms with E-state index in [9.17, 15) is 10.1 Å². The van der Waals surface area contributed by atoms with Crippen LogP contribution in [-0.2, 0) is 12.8 Å². The summed E-state index contributed by atoms with van der Waals surface area (Å²) in [6.07, 6.45) is 4.59. The van der Waals surface area contributed by atoms with Crippen molar-refractivity contribution in [3.05, 3.63) is 34.9 Å². The summed E-state index contributed by atoms with van der Waals surface area (Å²) in [4.78, 5) is 12.3. The second-order valence-corrected chi connectivity index (χ2v) is 5.19. The number of carbonyl (C=O) groups excluding carboxylic acids is 1. The van der Waals surface area contributed by atoms with Crippen LogP contribution in [0.15, 0.2) is 18.2 Å². The number of nitrogens with zero attached hydrogens (tertiary/aromatic N) is 1. The van der Waals surface area contributed by atoms with Gasteiger partial charge in [-0.1, -0.05) is 19.9 Å². The molecule has 1 aliphatic carbocycles. The van der Waals surface area contributed by atoms with E-state index in [1.165, 1.54) is 17.5 Å². The molecule has 0 aromatic heterocycles. The van der Waals surface area contributed by atoms with Crippen LogP contribution in [0, 0.1) is 11.3 Å². The Morgan fingerprint density at radius 3 is 2.63 bits per heavy atom. The third-order valence-electron chi connectivity index (χ3n) is 4.13. The fourth-order valence-corrected chi connectivity index (χ4v) is 2.62. The third-order valence-corrected chi connectivity index (χ3v) is 4.13. The molecule has 0 heterocycles. The number of amides is 1. The Morgan fingerprint density at radius 1 is 1.32 bits per heavy atom. The average molecular weight is 256 g/mol. The summed E-state index contributed by atoms with van der Waals surface area (Å²) in [6, 6.07) is 8.13. The zero-order valence-corrected chi connectivity index (χ0v) is 11.6. The first-order valence-corrected chi connectivity index (χ1v) is 6.99. The molecule has 1 aromatic rings. The Kier molecular flexibility index (Phi) is 3.90. The lowest BCUT2D eigenvalue weighted by molar-refractivity contribution is 0.0915. The summed E-state index contributed by atoms with van der Waals surface area (Å²) in [7, 11) is 0. The molecule has 0 unspecified atom stereocenters. The Morgan fingerprint density at radius 2 is 2.00 bits per heavy atom. The van der Waals surface area contributed by atoms with Crippen molar-refractivity contribution in [1.29, 1.82) is 5.26 Å². The Bertz CT molecular complexity index is 524. The fourth-order valence-electron chi connectivity index (χ4n) is 2.62. The highest BCUT2D eigenvalue weighted by Gasteiger charge is 2.28. The topological polar surface area (TPSA) is 52.9 Å². The predicted octanol–water partition coefficient (Wildman–Crippen LogP) is 2.99. The highest BCUT2D eigenvalue weighted by Crippen LogP contribution is 2.23. The molecule has 0 saturated heterocycles. The normalized spacial score (nSPS) is 13.7. The van der Waals surface area contributed by atoms with Crippen LogP contribution in [0.3, 0.4) is 0 Å². The Labute approximate surface area is 114 Å². The molecule has 1 aromatic carbocycles. The summed E-state index contributed by atoms with van der Waals surface area (Å²) < 4.78 is 0. The molecule has 1 amide bonds. The maximum Gasteiger partial charge on any atom is 0.252 e. The molecule has 1 aliphatic rings. The maximum absolute atomic E-state index is 12.3. The lowest BCUT2D eigenvalue weighted by atomic mass is 9.94. The molecule has 1 N–H and O–H groups in total. The molecule has 0 radical (unpaired) electrons. The summed E-state index contributed by atoms with van der Waals surface area (Å²) in [5.41, 5.74) is 2.57. The van der Waals surface area contributed by atoms with Crippen molar-refractivity contribution < 1.29 is 4.79 Å². The molecule has 3 nitrogen and oxygen atoms in total. The van der Waals surface area contributed by atoms with Gasteiger partial charge in [-0.2, -0.15) is 5.26 Å². The number of carbonyl (C=O) groups is 1. The van der Waals surface area contributed by atoms with E-state index in [-0.39, 0.29) is 5.91 Å². The zero-order valence-electron chi connectivity index (χ0n) is 11.6. The highest BCUT2D eigenvalue weighted by atomic mass is 16.1. The first-order valence-electron chi connectivity index (χ1n) is 6.99. The van der Waals surface area contributed by atoms with Crippen LogP contribution in [0.1, 0.15) is 54.6 Å². The molecule has 0 saturated carbocycles. The highest BCUT2D eigenvalue weighted by molar-refractivity contribution is 5.95. The van der Waals surface area contributed by atoms with E-state index >= 15 is 0 Å². The lowest BCUT2D eigenvalue weighted by Gasteiger charge is -2.25. The molecule has 3 heteroatoms. The molecule has 0 spiro atoms. The number of rotatable bonds is 4. The summed E-state index contributed by atoms with van der Waals surface area (Å²) in [6.45, 7) is 3.85. The van der Waals surface area contributed by atoms with Crippen molar-refractivity contribution in [3.8, 4) is 6.07 Å². The first-order chi connectivity index (χ1) is 9.14. The van der Waals surface area contributed by atoms with Gasteiger partial charge in [0.2, 0.25) is 0 Å². The van der Waals surface area contributed by atoms with E-state index in [0.29, 0.717) is 18.4 Å². The third kappa shape index (κ3) is 2.63. The van der Waals surface area contributed by atoms with Crippen LogP contribution in [0.2, 0.25) is 0 Å². The molecule has 0 bridgehead atoms. The van der Waals surface area contributed by atoms with E-state index in [4.69, 9.17) is 0 Å². The quantitative estimate of drug-likeness (QED) is 0.900. The molecule has 2 rings (SSSR count). The molecule has 0 fully saturated rings. The van der Waals surface area contributed by atoms with E-state index in [1.54, 1.807) is 0 Å².